The first-order valence-electron chi connectivity index (χ1n) is 8.53. The van der Waals surface area contributed by atoms with Crippen LogP contribution in [0.5, 0.6) is 5.75 Å². The lowest BCUT2D eigenvalue weighted by Crippen LogP contribution is -2.01. The molecule has 0 aromatic heterocycles. The van der Waals surface area contributed by atoms with Gasteiger partial charge in [-0.1, -0.05) is 24.3 Å². The molecule has 0 fully saturated rings. The van der Waals surface area contributed by atoms with Crippen molar-refractivity contribution in [2.45, 2.75) is 6.61 Å². The predicted octanol–water partition coefficient (Wildman–Crippen LogP) is 4.04. The minimum absolute atomic E-state index is 0.0835. The Balaban J connectivity index is 2.06. The second-order valence-electron chi connectivity index (χ2n) is 6.16. The van der Waals surface area contributed by atoms with E-state index in [-0.39, 0.29) is 18.8 Å². The van der Waals surface area contributed by atoms with Gasteiger partial charge >= 0.3 is 0 Å². The van der Waals surface area contributed by atoms with Gasteiger partial charge < -0.3 is 19.0 Å². The number of ether oxygens (including phenoxy) is 2. The smallest absolute Gasteiger partial charge is 0.188 e. The van der Waals surface area contributed by atoms with Crippen LogP contribution in [-0.4, -0.2) is 19.0 Å². The predicted molar refractivity (Wildman–Crippen MR) is 103 cm³/mol. The van der Waals surface area contributed by atoms with Crippen LogP contribution in [0.3, 0.4) is 0 Å². The van der Waals surface area contributed by atoms with Crippen LogP contribution in [0.15, 0.2) is 69.9 Å². The Morgan fingerprint density at radius 3 is 2.67 bits per heavy atom. The van der Waals surface area contributed by atoms with Gasteiger partial charge in [0.15, 0.2) is 12.2 Å². The van der Waals surface area contributed by atoms with Crippen molar-refractivity contribution >= 4 is 11.0 Å². The van der Waals surface area contributed by atoms with E-state index in [0.29, 0.717) is 17.1 Å². The summed E-state index contributed by atoms with van der Waals surface area (Å²) >= 11 is 0. The number of hydrogen-bond donors (Lipinski definition) is 1. The molecule has 136 valence electrons. The van der Waals surface area contributed by atoms with Crippen LogP contribution in [0.4, 0.5) is 0 Å². The molecule has 1 aliphatic heterocycles. The zero-order valence-corrected chi connectivity index (χ0v) is 14.8. The molecule has 0 bridgehead atoms. The van der Waals surface area contributed by atoms with E-state index >= 15 is 0 Å². The van der Waals surface area contributed by atoms with Gasteiger partial charge in [0, 0.05) is 35.8 Å². The fourth-order valence-electron chi connectivity index (χ4n) is 3.26. The number of hydrogen-bond acceptors (Lipinski definition) is 5. The molecule has 1 N–H and O–H groups in total. The SMILES string of the molecule is COCOc1ccc2c(-c3ccccc3CO)c3ccc(=O)cc-3oc2c1. The molecule has 1 heterocycles. The van der Waals surface area contributed by atoms with E-state index < -0.39 is 0 Å². The zero-order valence-electron chi connectivity index (χ0n) is 14.8. The molecule has 2 aromatic carbocycles. The largest absolute Gasteiger partial charge is 0.467 e. The van der Waals surface area contributed by atoms with Crippen LogP contribution >= 0.6 is 0 Å². The van der Waals surface area contributed by atoms with E-state index in [4.69, 9.17) is 13.9 Å². The molecule has 4 rings (SSSR count). The highest BCUT2D eigenvalue weighted by Crippen LogP contribution is 2.41. The molecule has 0 atom stereocenters. The molecule has 5 nitrogen and oxygen atoms in total. The molecule has 27 heavy (non-hydrogen) atoms. The maximum atomic E-state index is 11.9. The Morgan fingerprint density at radius 1 is 1.00 bits per heavy atom. The van der Waals surface area contributed by atoms with E-state index in [1.165, 1.54) is 12.1 Å². The highest BCUT2D eigenvalue weighted by Gasteiger charge is 2.19. The first-order valence-corrected chi connectivity index (χ1v) is 8.53. The summed E-state index contributed by atoms with van der Waals surface area (Å²) in [6.45, 7) is 0.0455. The number of benzene rings is 3. The van der Waals surface area contributed by atoms with Gasteiger partial charge in [-0.15, -0.1) is 0 Å². The number of fused-ring (bicyclic) bond motifs is 2. The van der Waals surface area contributed by atoms with E-state index in [2.05, 4.69) is 0 Å². The van der Waals surface area contributed by atoms with E-state index in [1.807, 2.05) is 36.4 Å². The highest BCUT2D eigenvalue weighted by atomic mass is 16.7. The Labute approximate surface area is 155 Å². The number of aliphatic hydroxyl groups is 1. The van der Waals surface area contributed by atoms with Crippen molar-refractivity contribution in [3.05, 3.63) is 76.5 Å². The van der Waals surface area contributed by atoms with Crippen LogP contribution in [-0.2, 0) is 11.3 Å². The van der Waals surface area contributed by atoms with Crippen molar-refractivity contribution in [2.75, 3.05) is 13.9 Å². The summed E-state index contributed by atoms with van der Waals surface area (Å²) in [5, 5.41) is 10.7. The fraction of sp³-hybridized carbons (Fsp3) is 0.136. The number of aliphatic hydroxyl groups excluding tert-OH is 1. The summed E-state index contributed by atoms with van der Waals surface area (Å²) in [7, 11) is 1.55. The van der Waals surface area contributed by atoms with Gasteiger partial charge in [0.2, 0.25) is 0 Å². The van der Waals surface area contributed by atoms with Crippen molar-refractivity contribution in [2.24, 2.45) is 0 Å². The minimum Gasteiger partial charge on any atom is -0.467 e. The van der Waals surface area contributed by atoms with Crippen LogP contribution < -0.4 is 10.2 Å². The third kappa shape index (κ3) is 3.18. The van der Waals surface area contributed by atoms with Crippen molar-refractivity contribution < 1.29 is 19.0 Å². The Morgan fingerprint density at radius 2 is 1.85 bits per heavy atom. The van der Waals surface area contributed by atoms with E-state index in [0.717, 1.165) is 27.6 Å². The summed E-state index contributed by atoms with van der Waals surface area (Å²) < 4.78 is 16.5. The summed E-state index contributed by atoms with van der Waals surface area (Å²) in [5.74, 6) is 1.09. The fourth-order valence-corrected chi connectivity index (χ4v) is 3.26. The lowest BCUT2D eigenvalue weighted by Gasteiger charge is -2.17. The molecular formula is C22H18O5. The second kappa shape index (κ2) is 7.23. The molecule has 1 aliphatic carbocycles. The quantitative estimate of drug-likeness (QED) is 0.429. The summed E-state index contributed by atoms with van der Waals surface area (Å²) in [6, 6.07) is 17.9. The Hall–Kier alpha value is -3.15. The van der Waals surface area contributed by atoms with Gasteiger partial charge in [-0.05, 0) is 35.4 Å². The monoisotopic (exact) mass is 362 g/mol. The van der Waals surface area contributed by atoms with Gasteiger partial charge in [-0.3, -0.25) is 4.79 Å². The van der Waals surface area contributed by atoms with Crippen molar-refractivity contribution in [1.29, 1.82) is 0 Å². The van der Waals surface area contributed by atoms with E-state index in [1.54, 1.807) is 19.2 Å². The van der Waals surface area contributed by atoms with Crippen LogP contribution in [0.2, 0.25) is 0 Å². The topological polar surface area (TPSA) is 68.9 Å². The molecule has 0 saturated heterocycles. The van der Waals surface area contributed by atoms with Crippen LogP contribution in [0, 0.1) is 0 Å². The zero-order chi connectivity index (χ0) is 18.8. The first kappa shape index (κ1) is 17.3. The van der Waals surface area contributed by atoms with Gasteiger partial charge in [0.25, 0.3) is 0 Å². The van der Waals surface area contributed by atoms with E-state index in [9.17, 15) is 9.90 Å². The van der Waals surface area contributed by atoms with Crippen molar-refractivity contribution in [3.8, 4) is 28.2 Å². The minimum atomic E-state index is -0.126. The summed E-state index contributed by atoms with van der Waals surface area (Å²) in [4.78, 5) is 11.9. The molecule has 0 spiro atoms. The van der Waals surface area contributed by atoms with Crippen LogP contribution in [0.1, 0.15) is 5.56 Å². The lowest BCUT2D eigenvalue weighted by atomic mass is 9.91. The molecular weight excluding hydrogens is 344 g/mol. The van der Waals surface area contributed by atoms with Crippen LogP contribution in [0.25, 0.3) is 33.4 Å². The summed E-state index contributed by atoms with van der Waals surface area (Å²) in [5.41, 5.74) is 3.89. The van der Waals surface area contributed by atoms with Gasteiger partial charge in [0.05, 0.1) is 6.61 Å². The first-order chi connectivity index (χ1) is 13.2. The highest BCUT2D eigenvalue weighted by molar-refractivity contribution is 6.02. The average Bonchev–Trinajstić information content (AvgIpc) is 2.70. The molecule has 0 radical (unpaired) electrons. The number of rotatable bonds is 5. The maximum Gasteiger partial charge on any atom is 0.188 e. The molecule has 0 saturated carbocycles. The molecule has 0 amide bonds. The third-order valence-electron chi connectivity index (χ3n) is 4.47. The average molecular weight is 362 g/mol. The molecule has 5 heteroatoms. The Bertz CT molecular complexity index is 1130. The van der Waals surface area contributed by atoms with Crippen molar-refractivity contribution in [1.82, 2.24) is 0 Å². The lowest BCUT2D eigenvalue weighted by molar-refractivity contribution is 0.0512. The standard InChI is InChI=1S/C22H18O5/c1-25-13-26-16-7-9-19-21(11-16)27-20-10-15(24)6-8-18(20)22(19)17-5-3-2-4-14(17)12-23/h2-11,23H,12-13H2,1H3. The second-order valence-corrected chi connectivity index (χ2v) is 6.16. The molecule has 2 aromatic rings. The normalized spacial score (nSPS) is 11.2. The van der Waals surface area contributed by atoms with Gasteiger partial charge in [0.1, 0.15) is 17.1 Å². The molecule has 2 aliphatic rings. The summed E-state index contributed by atoms with van der Waals surface area (Å²) in [6.07, 6.45) is 0. The van der Waals surface area contributed by atoms with Gasteiger partial charge in [-0.25, -0.2) is 0 Å². The number of methoxy groups -OCH3 is 1. The Kier molecular flexibility index (Phi) is 4.62. The maximum absolute atomic E-state index is 11.9. The van der Waals surface area contributed by atoms with Gasteiger partial charge in [-0.2, -0.15) is 0 Å². The molecule has 0 unspecified atom stereocenters. The third-order valence-corrected chi connectivity index (χ3v) is 4.47. The van der Waals surface area contributed by atoms with Crippen molar-refractivity contribution in [3.63, 3.8) is 0 Å².